The van der Waals surface area contributed by atoms with Gasteiger partial charge in [-0.05, 0) is 62.1 Å². The first kappa shape index (κ1) is 15.7. The average Bonchev–Trinajstić information content (AvgIpc) is 2.92. The van der Waals surface area contributed by atoms with Crippen LogP contribution in [-0.4, -0.2) is 30.8 Å². The second-order valence-corrected chi connectivity index (χ2v) is 7.82. The van der Waals surface area contributed by atoms with Crippen molar-refractivity contribution < 1.29 is 4.74 Å². The molecule has 0 aromatic heterocycles. The lowest BCUT2D eigenvalue weighted by Gasteiger charge is -2.41. The monoisotopic (exact) mass is 325 g/mol. The van der Waals surface area contributed by atoms with Gasteiger partial charge in [0.05, 0.1) is 5.60 Å². The van der Waals surface area contributed by atoms with E-state index in [1.165, 1.54) is 23.3 Å². The van der Waals surface area contributed by atoms with Gasteiger partial charge in [0.2, 0.25) is 0 Å². The van der Waals surface area contributed by atoms with Crippen molar-refractivity contribution in [3.05, 3.63) is 34.3 Å². The van der Waals surface area contributed by atoms with Crippen LogP contribution >= 0.6 is 23.4 Å². The Bertz CT molecular complexity index is 502. The molecule has 3 atom stereocenters. The van der Waals surface area contributed by atoms with E-state index in [9.17, 15) is 0 Å². The molecule has 2 fully saturated rings. The second kappa shape index (κ2) is 6.49. The normalized spacial score (nSPS) is 30.7. The van der Waals surface area contributed by atoms with Gasteiger partial charge in [-0.3, -0.25) is 0 Å². The number of rotatable bonds is 3. The summed E-state index contributed by atoms with van der Waals surface area (Å²) in [4.78, 5) is 0. The van der Waals surface area contributed by atoms with Gasteiger partial charge in [-0.1, -0.05) is 23.7 Å². The summed E-state index contributed by atoms with van der Waals surface area (Å²) in [5.74, 6) is 3.03. The minimum atomic E-state index is 0.134. The van der Waals surface area contributed by atoms with Crippen molar-refractivity contribution in [1.82, 2.24) is 5.32 Å². The summed E-state index contributed by atoms with van der Waals surface area (Å²) in [5.41, 5.74) is 2.69. The summed E-state index contributed by atoms with van der Waals surface area (Å²) in [6.07, 6.45) is 3.50. The van der Waals surface area contributed by atoms with Crippen LogP contribution in [0, 0.1) is 12.8 Å². The van der Waals surface area contributed by atoms with Gasteiger partial charge in [0, 0.05) is 23.4 Å². The molecule has 1 aromatic carbocycles. The quantitative estimate of drug-likeness (QED) is 0.899. The predicted octanol–water partition coefficient (Wildman–Crippen LogP) is 4.21. The van der Waals surface area contributed by atoms with Crippen LogP contribution in [0.25, 0.3) is 0 Å². The van der Waals surface area contributed by atoms with E-state index in [0.717, 1.165) is 30.2 Å². The number of nitrogens with one attached hydrogen (secondary N) is 1. The first-order chi connectivity index (χ1) is 10.2. The Morgan fingerprint density at radius 3 is 3.05 bits per heavy atom. The maximum Gasteiger partial charge on any atom is 0.0783 e. The van der Waals surface area contributed by atoms with Crippen LogP contribution in [0.1, 0.15) is 36.4 Å². The molecule has 2 saturated heterocycles. The maximum absolute atomic E-state index is 6.32. The van der Waals surface area contributed by atoms with E-state index in [2.05, 4.69) is 31.4 Å². The smallest absolute Gasteiger partial charge is 0.0783 e. The minimum Gasteiger partial charge on any atom is -0.374 e. The molecule has 21 heavy (non-hydrogen) atoms. The molecule has 0 amide bonds. The Morgan fingerprint density at radius 2 is 2.33 bits per heavy atom. The van der Waals surface area contributed by atoms with Crippen molar-refractivity contribution >= 4 is 23.4 Å². The minimum absolute atomic E-state index is 0.134. The third-order valence-electron chi connectivity index (χ3n) is 5.03. The zero-order chi connectivity index (χ0) is 14.9. The molecule has 0 bridgehead atoms. The molecule has 3 rings (SSSR count). The van der Waals surface area contributed by atoms with Gasteiger partial charge in [-0.25, -0.2) is 0 Å². The van der Waals surface area contributed by atoms with E-state index in [1.54, 1.807) is 0 Å². The highest BCUT2D eigenvalue weighted by Gasteiger charge is 2.42. The molecule has 4 heteroatoms. The van der Waals surface area contributed by atoms with E-state index in [-0.39, 0.29) is 5.60 Å². The molecule has 1 N–H and O–H groups in total. The average molecular weight is 326 g/mol. The summed E-state index contributed by atoms with van der Waals surface area (Å²) < 4.78 is 6.17. The molecular weight excluding hydrogens is 302 g/mol. The standard InChI is InChI=1S/C17H24ClNOS/c1-12-14(4-3-5-15(12)18)16(19-2)13-6-8-20-17(10-13)7-9-21-11-17/h3-5,13,16,19H,6-11H2,1-2H3. The topological polar surface area (TPSA) is 21.3 Å². The molecule has 2 aliphatic rings. The van der Waals surface area contributed by atoms with Gasteiger partial charge in [0.1, 0.15) is 0 Å². The van der Waals surface area contributed by atoms with Crippen LogP contribution in [0.15, 0.2) is 18.2 Å². The molecule has 0 saturated carbocycles. The van der Waals surface area contributed by atoms with Gasteiger partial charge >= 0.3 is 0 Å². The summed E-state index contributed by atoms with van der Waals surface area (Å²) in [6.45, 7) is 3.02. The van der Waals surface area contributed by atoms with Crippen molar-refractivity contribution in [1.29, 1.82) is 0 Å². The molecule has 0 radical (unpaired) electrons. The van der Waals surface area contributed by atoms with Crippen molar-refractivity contribution in [2.24, 2.45) is 5.92 Å². The lowest BCUT2D eigenvalue weighted by atomic mass is 9.78. The third-order valence-corrected chi connectivity index (χ3v) is 6.66. The highest BCUT2D eigenvalue weighted by Crippen LogP contribution is 2.44. The number of benzene rings is 1. The summed E-state index contributed by atoms with van der Waals surface area (Å²) in [7, 11) is 2.07. The van der Waals surface area contributed by atoms with Crippen molar-refractivity contribution in [2.75, 3.05) is 25.2 Å². The Morgan fingerprint density at radius 1 is 1.48 bits per heavy atom. The summed E-state index contributed by atoms with van der Waals surface area (Å²) in [6, 6.07) is 6.63. The van der Waals surface area contributed by atoms with Gasteiger partial charge in [-0.2, -0.15) is 11.8 Å². The molecule has 3 unspecified atom stereocenters. The number of halogens is 1. The van der Waals surface area contributed by atoms with Gasteiger partial charge in [0.15, 0.2) is 0 Å². The highest BCUT2D eigenvalue weighted by molar-refractivity contribution is 7.99. The summed E-state index contributed by atoms with van der Waals surface area (Å²) in [5, 5.41) is 4.41. The van der Waals surface area contributed by atoms with Gasteiger partial charge in [-0.15, -0.1) is 0 Å². The molecule has 2 nitrogen and oxygen atoms in total. The predicted molar refractivity (Wildman–Crippen MR) is 91.3 cm³/mol. The molecule has 1 spiro atoms. The maximum atomic E-state index is 6.32. The lowest BCUT2D eigenvalue weighted by molar-refractivity contribution is -0.0850. The molecule has 1 aromatic rings. The van der Waals surface area contributed by atoms with Gasteiger partial charge in [0.25, 0.3) is 0 Å². The zero-order valence-electron chi connectivity index (χ0n) is 12.8. The van der Waals surface area contributed by atoms with E-state index in [0.29, 0.717) is 12.0 Å². The van der Waals surface area contributed by atoms with Crippen molar-refractivity contribution in [3.63, 3.8) is 0 Å². The Labute approximate surface area is 137 Å². The fraction of sp³-hybridized carbons (Fsp3) is 0.647. The van der Waals surface area contributed by atoms with Crippen LogP contribution in [0.3, 0.4) is 0 Å². The molecule has 0 aliphatic carbocycles. The Hall–Kier alpha value is -0.220. The third kappa shape index (κ3) is 3.12. The summed E-state index contributed by atoms with van der Waals surface area (Å²) >= 11 is 8.35. The molecule has 2 heterocycles. The fourth-order valence-corrected chi connectivity index (χ4v) is 5.38. The Balaban J connectivity index is 1.84. The van der Waals surface area contributed by atoms with Gasteiger partial charge < -0.3 is 10.1 Å². The van der Waals surface area contributed by atoms with E-state index in [4.69, 9.17) is 16.3 Å². The Kier molecular flexibility index (Phi) is 4.84. The van der Waals surface area contributed by atoms with E-state index >= 15 is 0 Å². The number of hydrogen-bond donors (Lipinski definition) is 1. The second-order valence-electron chi connectivity index (χ2n) is 6.31. The zero-order valence-corrected chi connectivity index (χ0v) is 14.4. The first-order valence-electron chi connectivity index (χ1n) is 7.79. The number of hydrogen-bond acceptors (Lipinski definition) is 3. The van der Waals surface area contributed by atoms with E-state index in [1.807, 2.05) is 17.8 Å². The van der Waals surface area contributed by atoms with Crippen molar-refractivity contribution in [2.45, 2.75) is 37.8 Å². The van der Waals surface area contributed by atoms with Crippen LogP contribution in [-0.2, 0) is 4.74 Å². The van der Waals surface area contributed by atoms with Crippen LogP contribution in [0.5, 0.6) is 0 Å². The van der Waals surface area contributed by atoms with Crippen LogP contribution < -0.4 is 5.32 Å². The van der Waals surface area contributed by atoms with Crippen LogP contribution in [0.4, 0.5) is 0 Å². The molecule has 2 aliphatic heterocycles. The SMILES string of the molecule is CNC(c1cccc(Cl)c1C)C1CCOC2(CCSC2)C1. The number of ether oxygens (including phenoxy) is 1. The lowest BCUT2D eigenvalue weighted by Crippen LogP contribution is -2.43. The highest BCUT2D eigenvalue weighted by atomic mass is 35.5. The van der Waals surface area contributed by atoms with E-state index < -0.39 is 0 Å². The fourth-order valence-electron chi connectivity index (χ4n) is 3.82. The largest absolute Gasteiger partial charge is 0.374 e. The first-order valence-corrected chi connectivity index (χ1v) is 9.32. The van der Waals surface area contributed by atoms with Crippen molar-refractivity contribution in [3.8, 4) is 0 Å². The molecular formula is C17H24ClNOS. The molecule has 116 valence electrons. The van der Waals surface area contributed by atoms with Crippen LogP contribution in [0.2, 0.25) is 5.02 Å². The number of thioether (sulfide) groups is 1.